The molecule has 100 valence electrons. The summed E-state index contributed by atoms with van der Waals surface area (Å²) in [6, 6.07) is 0. The lowest BCUT2D eigenvalue weighted by molar-refractivity contribution is 0.216. The topological polar surface area (TPSA) is 81.4 Å². The minimum absolute atomic E-state index is 0. The molecule has 0 radical (unpaired) electrons. The number of sulfonamides is 1. The van der Waals surface area contributed by atoms with Gasteiger partial charge in [0.1, 0.15) is 0 Å². The fourth-order valence-corrected chi connectivity index (χ4v) is 2.06. The maximum atomic E-state index is 11.4. The van der Waals surface area contributed by atoms with Crippen LogP contribution in [-0.4, -0.2) is 40.0 Å². The van der Waals surface area contributed by atoms with Crippen molar-refractivity contribution in [2.24, 2.45) is 5.73 Å². The zero-order valence-electron chi connectivity index (χ0n) is 10.2. The van der Waals surface area contributed by atoms with Gasteiger partial charge in [-0.1, -0.05) is 13.8 Å². The maximum Gasteiger partial charge on any atom is 0.213 e. The normalized spacial score (nSPS) is 12.2. The highest BCUT2D eigenvalue weighted by Gasteiger charge is 2.22. The minimum Gasteiger partial charge on any atom is -0.384 e. The Morgan fingerprint density at radius 2 is 1.81 bits per heavy atom. The van der Waals surface area contributed by atoms with Crippen LogP contribution in [0.1, 0.15) is 26.7 Å². The van der Waals surface area contributed by atoms with Gasteiger partial charge in [-0.3, -0.25) is 0 Å². The van der Waals surface area contributed by atoms with Gasteiger partial charge in [0.25, 0.3) is 0 Å². The molecular weight excluding hydrogens is 252 g/mol. The lowest BCUT2D eigenvalue weighted by Gasteiger charge is -2.26. The zero-order valence-corrected chi connectivity index (χ0v) is 11.8. The Labute approximate surface area is 105 Å². The van der Waals surface area contributed by atoms with Crippen LogP contribution in [0.15, 0.2) is 0 Å². The van der Waals surface area contributed by atoms with E-state index in [0.29, 0.717) is 0 Å². The summed E-state index contributed by atoms with van der Waals surface area (Å²) in [4.78, 5) is 0. The number of nitrogens with one attached hydrogen (secondary N) is 1. The second kappa shape index (κ2) is 8.25. The molecular formula is C9H23ClN2O3S. The summed E-state index contributed by atoms with van der Waals surface area (Å²) in [5, 5.41) is 0. The van der Waals surface area contributed by atoms with Crippen molar-refractivity contribution in [3.8, 4) is 0 Å². The van der Waals surface area contributed by atoms with E-state index in [1.165, 1.54) is 7.11 Å². The Kier molecular flexibility index (Phi) is 9.53. The van der Waals surface area contributed by atoms with E-state index in [1.54, 1.807) is 0 Å². The largest absolute Gasteiger partial charge is 0.384 e. The molecule has 3 N–H and O–H groups in total. The Morgan fingerprint density at radius 3 is 2.19 bits per heavy atom. The lowest BCUT2D eigenvalue weighted by Crippen LogP contribution is -2.49. The van der Waals surface area contributed by atoms with Gasteiger partial charge in [-0.15, -0.1) is 12.4 Å². The summed E-state index contributed by atoms with van der Waals surface area (Å²) < 4.78 is 30.1. The first-order valence-electron chi connectivity index (χ1n) is 5.14. The van der Waals surface area contributed by atoms with Crippen molar-refractivity contribution in [1.82, 2.24) is 4.72 Å². The molecule has 0 fully saturated rings. The van der Waals surface area contributed by atoms with Crippen LogP contribution in [0.5, 0.6) is 0 Å². The van der Waals surface area contributed by atoms with Crippen molar-refractivity contribution >= 4 is 22.4 Å². The van der Waals surface area contributed by atoms with Gasteiger partial charge in [0.05, 0.1) is 12.4 Å². The minimum atomic E-state index is -3.25. The smallest absolute Gasteiger partial charge is 0.213 e. The standard InChI is InChI=1S/C9H22N2O3S.ClH/c1-4-9(10,5-2)8-11-15(12,13)7-6-14-3;/h11H,4-8,10H2,1-3H3;1H. The number of halogens is 1. The second-order valence-corrected chi connectivity index (χ2v) is 5.63. The van der Waals surface area contributed by atoms with Gasteiger partial charge >= 0.3 is 0 Å². The molecule has 0 atom stereocenters. The molecule has 0 unspecified atom stereocenters. The molecule has 0 bridgehead atoms. The van der Waals surface area contributed by atoms with Crippen LogP contribution in [0.25, 0.3) is 0 Å². The molecule has 0 aromatic carbocycles. The molecule has 0 aromatic heterocycles. The summed E-state index contributed by atoms with van der Waals surface area (Å²) in [6.07, 6.45) is 1.49. The third-order valence-electron chi connectivity index (χ3n) is 2.61. The molecule has 0 aliphatic carbocycles. The van der Waals surface area contributed by atoms with E-state index in [2.05, 4.69) is 4.72 Å². The number of hydrogen-bond donors (Lipinski definition) is 2. The average molecular weight is 275 g/mol. The third-order valence-corrected chi connectivity index (χ3v) is 3.90. The van der Waals surface area contributed by atoms with E-state index < -0.39 is 15.6 Å². The summed E-state index contributed by atoms with van der Waals surface area (Å²) in [7, 11) is -1.78. The first kappa shape index (κ1) is 18.5. The highest BCUT2D eigenvalue weighted by Crippen LogP contribution is 2.09. The third kappa shape index (κ3) is 7.40. The Balaban J connectivity index is 0. The molecule has 0 spiro atoms. The van der Waals surface area contributed by atoms with Gasteiger partial charge in [0, 0.05) is 19.2 Å². The Hall–Kier alpha value is 0.120. The predicted octanol–water partition coefficient (Wildman–Crippen LogP) is 0.492. The van der Waals surface area contributed by atoms with Crippen LogP contribution in [-0.2, 0) is 14.8 Å². The highest BCUT2D eigenvalue weighted by atomic mass is 35.5. The SMILES string of the molecule is CCC(N)(CC)CNS(=O)(=O)CCOC.Cl. The highest BCUT2D eigenvalue weighted by molar-refractivity contribution is 7.89. The van der Waals surface area contributed by atoms with Crippen molar-refractivity contribution < 1.29 is 13.2 Å². The Morgan fingerprint density at radius 1 is 1.31 bits per heavy atom. The monoisotopic (exact) mass is 274 g/mol. The van der Waals surface area contributed by atoms with E-state index in [1.807, 2.05) is 13.8 Å². The molecule has 0 amide bonds. The fourth-order valence-electron chi connectivity index (χ4n) is 1.02. The number of ether oxygens (including phenoxy) is 1. The van der Waals surface area contributed by atoms with Gasteiger partial charge in [-0.2, -0.15) is 0 Å². The maximum absolute atomic E-state index is 11.4. The second-order valence-electron chi connectivity index (χ2n) is 3.70. The van der Waals surface area contributed by atoms with Gasteiger partial charge in [0.2, 0.25) is 10.0 Å². The molecule has 0 saturated heterocycles. The summed E-state index contributed by atoms with van der Waals surface area (Å²) in [6.45, 7) is 4.39. The van der Waals surface area contributed by atoms with Gasteiger partial charge in [-0.25, -0.2) is 13.1 Å². The summed E-state index contributed by atoms with van der Waals surface area (Å²) >= 11 is 0. The zero-order chi connectivity index (χ0) is 11.9. The Bertz CT molecular complexity index is 266. The van der Waals surface area contributed by atoms with Crippen molar-refractivity contribution in [3.63, 3.8) is 0 Å². The van der Waals surface area contributed by atoms with Crippen LogP contribution >= 0.6 is 12.4 Å². The van der Waals surface area contributed by atoms with Crippen molar-refractivity contribution in [3.05, 3.63) is 0 Å². The van der Waals surface area contributed by atoms with Crippen LogP contribution < -0.4 is 10.5 Å². The first-order chi connectivity index (χ1) is 6.89. The number of methoxy groups -OCH3 is 1. The molecule has 0 aliphatic rings. The molecule has 0 saturated carbocycles. The molecule has 5 nitrogen and oxygen atoms in total. The van der Waals surface area contributed by atoms with E-state index in [4.69, 9.17) is 10.5 Å². The molecule has 0 aliphatic heterocycles. The van der Waals surface area contributed by atoms with Gasteiger partial charge in [-0.05, 0) is 12.8 Å². The van der Waals surface area contributed by atoms with Crippen molar-refractivity contribution in [2.75, 3.05) is 26.0 Å². The van der Waals surface area contributed by atoms with Crippen LogP contribution in [0.2, 0.25) is 0 Å². The number of hydrogen-bond acceptors (Lipinski definition) is 4. The van der Waals surface area contributed by atoms with Crippen molar-refractivity contribution in [2.45, 2.75) is 32.2 Å². The molecule has 7 heteroatoms. The average Bonchev–Trinajstić information content (AvgIpc) is 2.23. The number of rotatable bonds is 8. The predicted molar refractivity (Wildman–Crippen MR) is 68.4 cm³/mol. The molecule has 16 heavy (non-hydrogen) atoms. The quantitative estimate of drug-likeness (QED) is 0.675. The van der Waals surface area contributed by atoms with Crippen LogP contribution in [0.4, 0.5) is 0 Å². The van der Waals surface area contributed by atoms with E-state index in [0.717, 1.165) is 12.8 Å². The van der Waals surface area contributed by atoms with Gasteiger partial charge < -0.3 is 10.5 Å². The molecule has 0 aromatic rings. The lowest BCUT2D eigenvalue weighted by atomic mass is 9.95. The number of nitrogens with two attached hydrogens (primary N) is 1. The first-order valence-corrected chi connectivity index (χ1v) is 6.79. The summed E-state index contributed by atoms with van der Waals surface area (Å²) in [5.74, 6) is -0.0208. The van der Waals surface area contributed by atoms with E-state index >= 15 is 0 Å². The molecule has 0 heterocycles. The van der Waals surface area contributed by atoms with Gasteiger partial charge in [0.15, 0.2) is 0 Å². The van der Waals surface area contributed by atoms with Crippen LogP contribution in [0, 0.1) is 0 Å². The van der Waals surface area contributed by atoms with Crippen LogP contribution in [0.3, 0.4) is 0 Å². The van der Waals surface area contributed by atoms with E-state index in [9.17, 15) is 8.42 Å². The fraction of sp³-hybridized carbons (Fsp3) is 1.00. The van der Waals surface area contributed by atoms with E-state index in [-0.39, 0.29) is 31.3 Å². The summed E-state index contributed by atoms with van der Waals surface area (Å²) in [5.41, 5.74) is 5.53. The van der Waals surface area contributed by atoms with Crippen molar-refractivity contribution in [1.29, 1.82) is 0 Å². The molecule has 0 rings (SSSR count).